The Morgan fingerprint density at radius 2 is 2.00 bits per heavy atom. The first-order chi connectivity index (χ1) is 9.04. The zero-order valence-corrected chi connectivity index (χ0v) is 11.7. The predicted molar refractivity (Wildman–Crippen MR) is 74.0 cm³/mol. The molecule has 0 bridgehead atoms. The van der Waals surface area contributed by atoms with Gasteiger partial charge in [-0.3, -0.25) is 4.98 Å². The third-order valence-electron chi connectivity index (χ3n) is 2.49. The van der Waals surface area contributed by atoms with E-state index in [2.05, 4.69) is 4.98 Å². The number of benzene rings is 1. The molecule has 0 amide bonds. The molecule has 1 aromatic heterocycles. The van der Waals surface area contributed by atoms with Crippen molar-refractivity contribution in [1.29, 1.82) is 5.26 Å². The predicted octanol–water partition coefficient (Wildman–Crippen LogP) is 4.91. The van der Waals surface area contributed by atoms with Gasteiger partial charge in [0.15, 0.2) is 5.82 Å². The van der Waals surface area contributed by atoms with Gasteiger partial charge in [0, 0.05) is 22.3 Å². The first kappa shape index (κ1) is 14.1. The Hall–Kier alpha value is -1.34. The lowest BCUT2D eigenvalue weighted by molar-refractivity contribution is 0.613. The van der Waals surface area contributed by atoms with Crippen molar-refractivity contribution < 1.29 is 4.39 Å². The van der Waals surface area contributed by atoms with Gasteiger partial charge < -0.3 is 0 Å². The lowest BCUT2D eigenvalue weighted by Gasteiger charge is -2.09. The number of halogens is 4. The molecular formula is C13H6Cl3FN2. The number of nitriles is 1. The van der Waals surface area contributed by atoms with Gasteiger partial charge in [-0.15, -0.1) is 0 Å². The molecule has 0 atom stereocenters. The highest BCUT2D eigenvalue weighted by molar-refractivity contribution is 6.45. The molecule has 0 saturated heterocycles. The van der Waals surface area contributed by atoms with Gasteiger partial charge in [-0.05, 0) is 18.2 Å². The van der Waals surface area contributed by atoms with Gasteiger partial charge in [-0.1, -0.05) is 34.8 Å². The maximum atomic E-state index is 14.2. The fourth-order valence-electron chi connectivity index (χ4n) is 1.62. The number of nitrogens with zero attached hydrogens (tertiary/aromatic N) is 2. The van der Waals surface area contributed by atoms with Crippen molar-refractivity contribution in [2.24, 2.45) is 0 Å². The molecule has 2 rings (SSSR count). The molecule has 0 aliphatic heterocycles. The second-order valence-corrected chi connectivity index (χ2v) is 4.94. The van der Waals surface area contributed by atoms with Crippen molar-refractivity contribution in [2.75, 3.05) is 0 Å². The van der Waals surface area contributed by atoms with E-state index in [4.69, 9.17) is 40.1 Å². The van der Waals surface area contributed by atoms with Crippen LogP contribution >= 0.6 is 34.8 Å². The lowest BCUT2D eigenvalue weighted by Crippen LogP contribution is -1.96. The highest BCUT2D eigenvalue weighted by atomic mass is 35.5. The molecule has 0 aliphatic rings. The standard InChI is InChI=1S/C13H6Cl3FN2/c14-8-5-9(11(16)10(15)6-8)13-12(17)7(1-3-18)2-4-19-13/h2,4-6H,1H2. The zero-order valence-electron chi connectivity index (χ0n) is 9.42. The van der Waals surface area contributed by atoms with Crippen LogP contribution in [0.4, 0.5) is 4.39 Å². The Labute approximate surface area is 124 Å². The summed E-state index contributed by atoms with van der Waals surface area (Å²) in [6.45, 7) is 0. The molecule has 2 aromatic rings. The van der Waals surface area contributed by atoms with Crippen LogP contribution < -0.4 is 0 Å². The lowest BCUT2D eigenvalue weighted by atomic mass is 10.1. The number of aromatic nitrogens is 1. The average molecular weight is 316 g/mol. The molecule has 1 aromatic carbocycles. The van der Waals surface area contributed by atoms with E-state index in [0.717, 1.165) is 0 Å². The summed E-state index contributed by atoms with van der Waals surface area (Å²) in [6, 6.07) is 6.28. The maximum Gasteiger partial charge on any atom is 0.153 e. The maximum absolute atomic E-state index is 14.2. The van der Waals surface area contributed by atoms with Gasteiger partial charge in [0.2, 0.25) is 0 Å². The fourth-order valence-corrected chi connectivity index (χ4v) is 2.31. The first-order valence-electron chi connectivity index (χ1n) is 5.20. The molecule has 2 nitrogen and oxygen atoms in total. The Morgan fingerprint density at radius 1 is 1.26 bits per heavy atom. The van der Waals surface area contributed by atoms with Crippen LogP contribution in [0.3, 0.4) is 0 Å². The molecule has 0 fully saturated rings. The SMILES string of the molecule is N#CCc1ccnc(-c2cc(Cl)cc(Cl)c2Cl)c1F. The third-order valence-corrected chi connectivity index (χ3v) is 3.51. The van der Waals surface area contributed by atoms with Crippen molar-refractivity contribution in [1.82, 2.24) is 4.98 Å². The normalized spacial score (nSPS) is 10.3. The van der Waals surface area contributed by atoms with E-state index in [1.54, 1.807) is 0 Å². The summed E-state index contributed by atoms with van der Waals surface area (Å²) in [7, 11) is 0. The van der Waals surface area contributed by atoms with E-state index in [-0.39, 0.29) is 27.7 Å². The third kappa shape index (κ3) is 2.82. The summed E-state index contributed by atoms with van der Waals surface area (Å²) in [5.41, 5.74) is 0.582. The topological polar surface area (TPSA) is 36.7 Å². The van der Waals surface area contributed by atoms with E-state index in [9.17, 15) is 4.39 Å². The highest BCUT2D eigenvalue weighted by Gasteiger charge is 2.16. The van der Waals surface area contributed by atoms with Crippen molar-refractivity contribution in [3.8, 4) is 17.3 Å². The Kier molecular flexibility index (Phi) is 4.26. The highest BCUT2D eigenvalue weighted by Crippen LogP contribution is 2.37. The average Bonchev–Trinajstić information content (AvgIpc) is 2.37. The number of rotatable bonds is 2. The van der Waals surface area contributed by atoms with E-state index in [0.29, 0.717) is 10.6 Å². The van der Waals surface area contributed by atoms with Crippen LogP contribution in [0.25, 0.3) is 11.3 Å². The smallest absolute Gasteiger partial charge is 0.153 e. The second kappa shape index (κ2) is 5.75. The van der Waals surface area contributed by atoms with Crippen LogP contribution in [0, 0.1) is 17.1 Å². The largest absolute Gasteiger partial charge is 0.253 e. The molecule has 1 heterocycles. The summed E-state index contributed by atoms with van der Waals surface area (Å²) in [5, 5.41) is 9.36. The molecule has 0 aliphatic carbocycles. The Bertz CT molecular complexity index is 680. The summed E-state index contributed by atoms with van der Waals surface area (Å²) in [4.78, 5) is 3.95. The molecule has 0 radical (unpaired) electrons. The fraction of sp³-hybridized carbons (Fsp3) is 0.0769. The Morgan fingerprint density at radius 3 is 2.68 bits per heavy atom. The van der Waals surface area contributed by atoms with Crippen molar-refractivity contribution >= 4 is 34.8 Å². The monoisotopic (exact) mass is 314 g/mol. The molecule has 0 N–H and O–H groups in total. The minimum absolute atomic E-state index is 0.0298. The summed E-state index contributed by atoms with van der Waals surface area (Å²) in [5.74, 6) is -0.593. The number of hydrogen-bond acceptors (Lipinski definition) is 2. The van der Waals surface area contributed by atoms with Crippen molar-refractivity contribution in [2.45, 2.75) is 6.42 Å². The summed E-state index contributed by atoms with van der Waals surface area (Å²) in [6.07, 6.45) is 1.36. The number of hydrogen-bond donors (Lipinski definition) is 0. The molecule has 0 unspecified atom stereocenters. The number of pyridine rings is 1. The van der Waals surface area contributed by atoms with E-state index in [1.165, 1.54) is 24.4 Å². The minimum Gasteiger partial charge on any atom is -0.253 e. The second-order valence-electron chi connectivity index (χ2n) is 3.72. The molecule has 0 spiro atoms. The van der Waals surface area contributed by atoms with E-state index < -0.39 is 5.82 Å². The molecule has 0 saturated carbocycles. The molecule has 19 heavy (non-hydrogen) atoms. The van der Waals surface area contributed by atoms with Crippen molar-refractivity contribution in [3.63, 3.8) is 0 Å². The van der Waals surface area contributed by atoms with Gasteiger partial charge in [0.05, 0.1) is 22.5 Å². The van der Waals surface area contributed by atoms with Crippen LogP contribution in [0.1, 0.15) is 5.56 Å². The molecular weight excluding hydrogens is 310 g/mol. The quantitative estimate of drug-likeness (QED) is 0.738. The van der Waals surface area contributed by atoms with Crippen LogP contribution in [-0.4, -0.2) is 4.98 Å². The summed E-state index contributed by atoms with van der Waals surface area (Å²) < 4.78 is 14.2. The van der Waals surface area contributed by atoms with Gasteiger partial charge in [0.25, 0.3) is 0 Å². The zero-order chi connectivity index (χ0) is 14.0. The Balaban J connectivity index is 2.66. The van der Waals surface area contributed by atoms with Crippen LogP contribution in [0.5, 0.6) is 0 Å². The van der Waals surface area contributed by atoms with Gasteiger partial charge in [-0.2, -0.15) is 5.26 Å². The van der Waals surface area contributed by atoms with Crippen LogP contribution in [0.15, 0.2) is 24.4 Å². The van der Waals surface area contributed by atoms with Gasteiger partial charge in [0.1, 0.15) is 5.69 Å². The molecule has 6 heteroatoms. The minimum atomic E-state index is -0.593. The van der Waals surface area contributed by atoms with E-state index in [1.807, 2.05) is 6.07 Å². The summed E-state index contributed by atoms with van der Waals surface area (Å²) >= 11 is 17.8. The van der Waals surface area contributed by atoms with Gasteiger partial charge >= 0.3 is 0 Å². The van der Waals surface area contributed by atoms with Crippen LogP contribution in [0.2, 0.25) is 15.1 Å². The van der Waals surface area contributed by atoms with E-state index >= 15 is 0 Å². The molecule has 96 valence electrons. The van der Waals surface area contributed by atoms with Crippen LogP contribution in [-0.2, 0) is 6.42 Å². The van der Waals surface area contributed by atoms with Crippen molar-refractivity contribution in [3.05, 3.63) is 50.8 Å². The van der Waals surface area contributed by atoms with Gasteiger partial charge in [-0.25, -0.2) is 4.39 Å². The first-order valence-corrected chi connectivity index (χ1v) is 6.33.